The van der Waals surface area contributed by atoms with Crippen LogP contribution in [-0.4, -0.2) is 22.7 Å². The van der Waals surface area contributed by atoms with Gasteiger partial charge in [0.25, 0.3) is 5.91 Å². The topological polar surface area (TPSA) is 69.6 Å². The normalized spacial score (nSPS) is 10.2. The Morgan fingerprint density at radius 1 is 1.29 bits per heavy atom. The van der Waals surface area contributed by atoms with E-state index in [1.807, 2.05) is 0 Å². The Bertz CT molecular complexity index is 379. The van der Waals surface area contributed by atoms with Crippen molar-refractivity contribution in [2.24, 2.45) is 0 Å². The highest BCUT2D eigenvalue weighted by Crippen LogP contribution is 2.26. The third-order valence-electron chi connectivity index (χ3n) is 2.59. The second-order valence-electron chi connectivity index (χ2n) is 4.12. The number of phenols is 2. The highest BCUT2D eigenvalue weighted by molar-refractivity contribution is 5.98. The van der Waals surface area contributed by atoms with Gasteiger partial charge in [0.1, 0.15) is 11.5 Å². The first-order valence-electron chi connectivity index (χ1n) is 5.87. The van der Waals surface area contributed by atoms with Crippen molar-refractivity contribution in [3.63, 3.8) is 0 Å². The van der Waals surface area contributed by atoms with Crippen molar-refractivity contribution in [3.8, 4) is 11.5 Å². The van der Waals surface area contributed by atoms with E-state index in [1.54, 1.807) is 6.92 Å². The number of aryl methyl sites for hydroxylation is 1. The standard InChI is InChI=1S/C13H19NO3/c1-3-4-5-6-14-13(17)12-9(2)7-10(15)8-11(12)16/h7-8,15-16H,3-6H2,1-2H3,(H,14,17). The fourth-order valence-corrected chi connectivity index (χ4v) is 1.71. The molecule has 0 saturated heterocycles. The van der Waals surface area contributed by atoms with Gasteiger partial charge in [0, 0.05) is 12.6 Å². The van der Waals surface area contributed by atoms with E-state index in [1.165, 1.54) is 12.1 Å². The molecule has 0 unspecified atom stereocenters. The van der Waals surface area contributed by atoms with Crippen LogP contribution in [0, 0.1) is 6.92 Å². The third-order valence-corrected chi connectivity index (χ3v) is 2.59. The quantitative estimate of drug-likeness (QED) is 0.688. The summed E-state index contributed by atoms with van der Waals surface area (Å²) >= 11 is 0. The first-order valence-corrected chi connectivity index (χ1v) is 5.87. The fourth-order valence-electron chi connectivity index (χ4n) is 1.71. The van der Waals surface area contributed by atoms with Crippen LogP contribution in [0.25, 0.3) is 0 Å². The molecule has 0 heterocycles. The molecule has 0 bridgehead atoms. The smallest absolute Gasteiger partial charge is 0.255 e. The molecule has 1 rings (SSSR count). The summed E-state index contributed by atoms with van der Waals surface area (Å²) in [4.78, 5) is 11.8. The van der Waals surface area contributed by atoms with E-state index in [-0.39, 0.29) is 23.0 Å². The molecule has 0 aliphatic rings. The summed E-state index contributed by atoms with van der Waals surface area (Å²) in [5.74, 6) is -0.519. The minimum Gasteiger partial charge on any atom is -0.508 e. The highest BCUT2D eigenvalue weighted by Gasteiger charge is 2.14. The first-order chi connectivity index (χ1) is 8.06. The van der Waals surface area contributed by atoms with Crippen LogP contribution in [0.5, 0.6) is 11.5 Å². The lowest BCUT2D eigenvalue weighted by molar-refractivity contribution is 0.0949. The maximum atomic E-state index is 11.8. The number of rotatable bonds is 5. The fraction of sp³-hybridized carbons (Fsp3) is 0.462. The SMILES string of the molecule is CCCCCNC(=O)c1c(C)cc(O)cc1O. The number of aromatic hydroxyl groups is 2. The summed E-state index contributed by atoms with van der Waals surface area (Å²) in [5, 5.41) is 21.6. The van der Waals surface area contributed by atoms with Gasteiger partial charge in [-0.25, -0.2) is 0 Å². The minimum atomic E-state index is -0.295. The molecule has 0 aliphatic carbocycles. The summed E-state index contributed by atoms with van der Waals surface area (Å²) in [5.41, 5.74) is 0.801. The van der Waals surface area contributed by atoms with Gasteiger partial charge in [0.15, 0.2) is 0 Å². The largest absolute Gasteiger partial charge is 0.508 e. The minimum absolute atomic E-state index is 0.0393. The van der Waals surface area contributed by atoms with Gasteiger partial charge in [-0.3, -0.25) is 4.79 Å². The first kappa shape index (κ1) is 13.4. The number of carbonyl (C=O) groups excluding carboxylic acids is 1. The predicted molar refractivity (Wildman–Crippen MR) is 66.4 cm³/mol. The Morgan fingerprint density at radius 3 is 2.59 bits per heavy atom. The molecule has 0 saturated carbocycles. The van der Waals surface area contributed by atoms with Crippen LogP contribution in [0.1, 0.15) is 42.1 Å². The van der Waals surface area contributed by atoms with Crippen LogP contribution in [-0.2, 0) is 0 Å². The van der Waals surface area contributed by atoms with E-state index in [0.29, 0.717) is 12.1 Å². The predicted octanol–water partition coefficient (Wildman–Crippen LogP) is 2.33. The van der Waals surface area contributed by atoms with Gasteiger partial charge < -0.3 is 15.5 Å². The van der Waals surface area contributed by atoms with Crippen molar-refractivity contribution in [3.05, 3.63) is 23.3 Å². The van der Waals surface area contributed by atoms with Crippen molar-refractivity contribution >= 4 is 5.91 Å². The Labute approximate surface area is 101 Å². The van der Waals surface area contributed by atoms with Gasteiger partial charge in [-0.05, 0) is 25.0 Å². The average Bonchev–Trinajstić information content (AvgIpc) is 2.23. The molecule has 4 nitrogen and oxygen atoms in total. The van der Waals surface area contributed by atoms with E-state index in [0.717, 1.165) is 19.3 Å². The van der Waals surface area contributed by atoms with Gasteiger partial charge in [0.2, 0.25) is 0 Å². The number of unbranched alkanes of at least 4 members (excludes halogenated alkanes) is 2. The Hall–Kier alpha value is -1.71. The van der Waals surface area contributed by atoms with Gasteiger partial charge in [0.05, 0.1) is 5.56 Å². The number of phenolic OH excluding ortho intramolecular Hbond substituents is 2. The van der Waals surface area contributed by atoms with Crippen LogP contribution in [0.15, 0.2) is 12.1 Å². The van der Waals surface area contributed by atoms with E-state index < -0.39 is 0 Å². The molecule has 1 amide bonds. The number of nitrogens with one attached hydrogen (secondary N) is 1. The molecule has 1 aromatic carbocycles. The zero-order chi connectivity index (χ0) is 12.8. The van der Waals surface area contributed by atoms with Crippen molar-refractivity contribution in [1.82, 2.24) is 5.32 Å². The number of hydrogen-bond acceptors (Lipinski definition) is 3. The molecule has 1 aromatic rings. The molecule has 0 radical (unpaired) electrons. The molecular weight excluding hydrogens is 218 g/mol. The van der Waals surface area contributed by atoms with Gasteiger partial charge in [-0.15, -0.1) is 0 Å². The number of hydrogen-bond donors (Lipinski definition) is 3. The van der Waals surface area contributed by atoms with Gasteiger partial charge in [-0.1, -0.05) is 19.8 Å². The lowest BCUT2D eigenvalue weighted by Crippen LogP contribution is -2.25. The van der Waals surface area contributed by atoms with Crippen molar-refractivity contribution in [1.29, 1.82) is 0 Å². The summed E-state index contributed by atoms with van der Waals surface area (Å²) < 4.78 is 0. The zero-order valence-corrected chi connectivity index (χ0v) is 10.3. The van der Waals surface area contributed by atoms with E-state index in [2.05, 4.69) is 12.2 Å². The molecule has 0 aliphatic heterocycles. The second-order valence-corrected chi connectivity index (χ2v) is 4.12. The van der Waals surface area contributed by atoms with Crippen LogP contribution in [0.2, 0.25) is 0 Å². The molecule has 0 atom stereocenters. The Morgan fingerprint density at radius 2 is 2.00 bits per heavy atom. The lowest BCUT2D eigenvalue weighted by Gasteiger charge is -2.09. The number of carbonyl (C=O) groups is 1. The van der Waals surface area contributed by atoms with E-state index >= 15 is 0 Å². The van der Waals surface area contributed by atoms with Crippen molar-refractivity contribution in [2.75, 3.05) is 6.54 Å². The average molecular weight is 237 g/mol. The molecule has 0 fully saturated rings. The monoisotopic (exact) mass is 237 g/mol. The Kier molecular flexibility index (Phi) is 4.82. The van der Waals surface area contributed by atoms with E-state index in [9.17, 15) is 15.0 Å². The Balaban J connectivity index is 2.69. The van der Waals surface area contributed by atoms with Crippen molar-refractivity contribution in [2.45, 2.75) is 33.1 Å². The summed E-state index contributed by atoms with van der Waals surface area (Å²) in [6.07, 6.45) is 3.10. The van der Waals surface area contributed by atoms with E-state index in [4.69, 9.17) is 0 Å². The van der Waals surface area contributed by atoms with Crippen LogP contribution >= 0.6 is 0 Å². The maximum Gasteiger partial charge on any atom is 0.255 e. The van der Waals surface area contributed by atoms with Gasteiger partial charge >= 0.3 is 0 Å². The maximum absolute atomic E-state index is 11.8. The molecule has 94 valence electrons. The van der Waals surface area contributed by atoms with Crippen molar-refractivity contribution < 1.29 is 15.0 Å². The van der Waals surface area contributed by atoms with Crippen LogP contribution in [0.3, 0.4) is 0 Å². The highest BCUT2D eigenvalue weighted by atomic mass is 16.3. The third kappa shape index (κ3) is 3.66. The molecular formula is C13H19NO3. The second kappa shape index (κ2) is 6.13. The molecule has 4 heteroatoms. The summed E-state index contributed by atoms with van der Waals surface area (Å²) in [6, 6.07) is 2.63. The molecule has 0 spiro atoms. The molecule has 0 aromatic heterocycles. The zero-order valence-electron chi connectivity index (χ0n) is 10.3. The van der Waals surface area contributed by atoms with Gasteiger partial charge in [-0.2, -0.15) is 0 Å². The molecule has 3 N–H and O–H groups in total. The summed E-state index contributed by atoms with van der Waals surface area (Å²) in [6.45, 7) is 4.38. The lowest BCUT2D eigenvalue weighted by atomic mass is 10.1. The van der Waals surface area contributed by atoms with Crippen LogP contribution < -0.4 is 5.32 Å². The summed E-state index contributed by atoms with van der Waals surface area (Å²) in [7, 11) is 0. The number of benzene rings is 1. The van der Waals surface area contributed by atoms with Crippen LogP contribution in [0.4, 0.5) is 0 Å². The number of amides is 1. The molecule has 17 heavy (non-hydrogen) atoms.